The first-order valence-corrected chi connectivity index (χ1v) is 5.70. The average molecular weight is 307 g/mol. The Hall–Kier alpha value is -0.0200. The molecule has 0 bridgehead atoms. The molecule has 0 unspecified atom stereocenters. The highest BCUT2D eigenvalue weighted by molar-refractivity contribution is 9.11. The van der Waals surface area contributed by atoms with Crippen LogP contribution in [0.25, 0.3) is 0 Å². The molecule has 0 atom stereocenters. The maximum Gasteiger partial charge on any atom is 0.0366 e. The predicted octanol–water partition coefficient (Wildman–Crippen LogP) is 4.42. The molecule has 1 nitrogen and oxygen atoms in total. The van der Waals surface area contributed by atoms with Crippen molar-refractivity contribution >= 4 is 37.5 Å². The second-order valence-electron chi connectivity index (χ2n) is 4.03. The Bertz CT molecular complexity index is 282. The molecule has 0 amide bonds. The van der Waals surface area contributed by atoms with Crippen LogP contribution in [0.3, 0.4) is 0 Å². The van der Waals surface area contributed by atoms with Crippen LogP contribution in [0.5, 0.6) is 0 Å². The summed E-state index contributed by atoms with van der Waals surface area (Å²) >= 11 is 6.90. The number of rotatable bonds is 1. The van der Waals surface area contributed by atoms with Crippen molar-refractivity contribution in [3.05, 3.63) is 27.1 Å². The summed E-state index contributed by atoms with van der Waals surface area (Å²) in [7, 11) is 0. The van der Waals surface area contributed by atoms with E-state index in [1.54, 1.807) is 0 Å². The van der Waals surface area contributed by atoms with E-state index >= 15 is 0 Å². The predicted molar refractivity (Wildman–Crippen MR) is 65.2 cm³/mol. The molecule has 13 heavy (non-hydrogen) atoms. The summed E-state index contributed by atoms with van der Waals surface area (Å²) in [6.45, 7) is 6.42. The van der Waals surface area contributed by atoms with Gasteiger partial charge in [-0.2, -0.15) is 0 Å². The molecule has 0 aliphatic carbocycles. The van der Waals surface area contributed by atoms with E-state index in [1.165, 1.54) is 0 Å². The van der Waals surface area contributed by atoms with Gasteiger partial charge in [0.1, 0.15) is 0 Å². The molecule has 72 valence electrons. The Morgan fingerprint density at radius 1 is 1.00 bits per heavy atom. The van der Waals surface area contributed by atoms with E-state index in [0.717, 1.165) is 14.6 Å². The van der Waals surface area contributed by atoms with Crippen molar-refractivity contribution in [2.45, 2.75) is 26.3 Å². The highest BCUT2D eigenvalue weighted by Gasteiger charge is 2.09. The molecule has 1 aromatic carbocycles. The van der Waals surface area contributed by atoms with Gasteiger partial charge in [0.2, 0.25) is 0 Å². The number of nitrogens with one attached hydrogen (secondary N) is 1. The van der Waals surface area contributed by atoms with Crippen LogP contribution in [0.2, 0.25) is 0 Å². The van der Waals surface area contributed by atoms with Gasteiger partial charge in [-0.05, 0) is 39.0 Å². The smallest absolute Gasteiger partial charge is 0.0366 e. The molecule has 0 saturated carbocycles. The largest absolute Gasteiger partial charge is 0.380 e. The van der Waals surface area contributed by atoms with Crippen LogP contribution >= 0.6 is 31.9 Å². The maximum absolute atomic E-state index is 3.45. The van der Waals surface area contributed by atoms with Crippen LogP contribution in [0.4, 0.5) is 5.69 Å². The van der Waals surface area contributed by atoms with Gasteiger partial charge in [-0.3, -0.25) is 0 Å². The highest BCUT2D eigenvalue weighted by Crippen LogP contribution is 2.25. The number of hydrogen-bond donors (Lipinski definition) is 1. The Morgan fingerprint density at radius 3 is 1.85 bits per heavy atom. The minimum atomic E-state index is 0.0975. The van der Waals surface area contributed by atoms with Gasteiger partial charge in [0.15, 0.2) is 0 Å². The molecule has 0 aliphatic rings. The van der Waals surface area contributed by atoms with E-state index in [4.69, 9.17) is 0 Å². The topological polar surface area (TPSA) is 12.0 Å². The van der Waals surface area contributed by atoms with Crippen LogP contribution in [-0.4, -0.2) is 5.54 Å². The third-order valence-corrected chi connectivity index (χ3v) is 2.30. The van der Waals surface area contributed by atoms with E-state index < -0.39 is 0 Å². The Morgan fingerprint density at radius 2 is 1.46 bits per heavy atom. The minimum Gasteiger partial charge on any atom is -0.380 e. The molecule has 0 radical (unpaired) electrons. The van der Waals surface area contributed by atoms with E-state index in [1.807, 2.05) is 6.07 Å². The number of hydrogen-bond acceptors (Lipinski definition) is 1. The van der Waals surface area contributed by atoms with Crippen molar-refractivity contribution in [3.63, 3.8) is 0 Å². The molecule has 1 aromatic rings. The number of halogens is 2. The molecule has 3 heteroatoms. The van der Waals surface area contributed by atoms with Gasteiger partial charge >= 0.3 is 0 Å². The number of benzene rings is 1. The van der Waals surface area contributed by atoms with Gasteiger partial charge in [0.25, 0.3) is 0 Å². The lowest BCUT2D eigenvalue weighted by Crippen LogP contribution is -2.25. The minimum absolute atomic E-state index is 0.0975. The third-order valence-electron chi connectivity index (χ3n) is 1.38. The normalized spacial score (nSPS) is 11.5. The monoisotopic (exact) mass is 305 g/mol. The standard InChI is InChI=1S/C10H13Br2N/c1-10(2,3)13-9-5-7(11)4-8(12)6-9/h4-6,13H,1-3H3. The molecule has 0 heterocycles. The Labute approximate surface area is 96.2 Å². The third kappa shape index (κ3) is 4.14. The van der Waals surface area contributed by atoms with Crippen molar-refractivity contribution in [3.8, 4) is 0 Å². The second kappa shape index (κ2) is 4.01. The molecule has 0 aliphatic heterocycles. The van der Waals surface area contributed by atoms with Crippen LogP contribution in [0, 0.1) is 0 Å². The first-order chi connectivity index (χ1) is 5.87. The van der Waals surface area contributed by atoms with Gasteiger partial charge in [0, 0.05) is 20.2 Å². The van der Waals surface area contributed by atoms with Crippen molar-refractivity contribution < 1.29 is 0 Å². The molecule has 0 saturated heterocycles. The van der Waals surface area contributed by atoms with Crippen molar-refractivity contribution in [2.75, 3.05) is 5.32 Å². The summed E-state index contributed by atoms with van der Waals surface area (Å²) in [5.74, 6) is 0. The summed E-state index contributed by atoms with van der Waals surface area (Å²) in [6.07, 6.45) is 0. The van der Waals surface area contributed by atoms with Gasteiger partial charge in [-0.1, -0.05) is 31.9 Å². The average Bonchev–Trinajstić information content (AvgIpc) is 1.78. The molecular weight excluding hydrogens is 294 g/mol. The lowest BCUT2D eigenvalue weighted by molar-refractivity contribution is 0.634. The van der Waals surface area contributed by atoms with E-state index in [0.29, 0.717) is 0 Å². The van der Waals surface area contributed by atoms with Crippen LogP contribution in [0.1, 0.15) is 20.8 Å². The van der Waals surface area contributed by atoms with Crippen LogP contribution in [0.15, 0.2) is 27.1 Å². The van der Waals surface area contributed by atoms with Gasteiger partial charge in [-0.15, -0.1) is 0 Å². The second-order valence-corrected chi connectivity index (χ2v) is 5.86. The summed E-state index contributed by atoms with van der Waals surface area (Å²) in [5, 5.41) is 3.40. The SMILES string of the molecule is CC(C)(C)Nc1cc(Br)cc(Br)c1. The molecule has 1 N–H and O–H groups in total. The maximum atomic E-state index is 3.45. The zero-order valence-corrected chi connectivity index (χ0v) is 11.2. The van der Waals surface area contributed by atoms with Crippen molar-refractivity contribution in [1.82, 2.24) is 0 Å². The van der Waals surface area contributed by atoms with Crippen molar-refractivity contribution in [2.24, 2.45) is 0 Å². The highest BCUT2D eigenvalue weighted by atomic mass is 79.9. The van der Waals surface area contributed by atoms with Crippen molar-refractivity contribution in [1.29, 1.82) is 0 Å². The summed E-state index contributed by atoms with van der Waals surface area (Å²) in [6, 6.07) is 6.15. The lowest BCUT2D eigenvalue weighted by atomic mass is 10.1. The molecule has 0 fully saturated rings. The zero-order valence-electron chi connectivity index (χ0n) is 7.99. The molecule has 0 spiro atoms. The quantitative estimate of drug-likeness (QED) is 0.810. The fourth-order valence-corrected chi connectivity index (χ4v) is 2.35. The van der Waals surface area contributed by atoms with Crippen LogP contribution < -0.4 is 5.32 Å². The molecule has 1 rings (SSSR count). The fourth-order valence-electron chi connectivity index (χ4n) is 1.06. The van der Waals surface area contributed by atoms with Gasteiger partial charge < -0.3 is 5.32 Å². The first kappa shape index (κ1) is 11.1. The summed E-state index contributed by atoms with van der Waals surface area (Å²) in [5.41, 5.74) is 1.22. The van der Waals surface area contributed by atoms with E-state index in [2.05, 4.69) is 70.1 Å². The molecular formula is C10H13Br2N. The first-order valence-electron chi connectivity index (χ1n) is 4.11. The summed E-state index contributed by atoms with van der Waals surface area (Å²) in [4.78, 5) is 0. The summed E-state index contributed by atoms with van der Waals surface area (Å²) < 4.78 is 2.15. The Balaban J connectivity index is 2.90. The van der Waals surface area contributed by atoms with Gasteiger partial charge in [0.05, 0.1) is 0 Å². The van der Waals surface area contributed by atoms with E-state index in [-0.39, 0.29) is 5.54 Å². The van der Waals surface area contributed by atoms with Crippen LogP contribution in [-0.2, 0) is 0 Å². The lowest BCUT2D eigenvalue weighted by Gasteiger charge is -2.22. The Kier molecular flexibility index (Phi) is 3.41. The zero-order chi connectivity index (χ0) is 10.1. The van der Waals surface area contributed by atoms with Gasteiger partial charge in [-0.25, -0.2) is 0 Å². The number of anilines is 1. The fraction of sp³-hybridized carbons (Fsp3) is 0.400. The van der Waals surface area contributed by atoms with E-state index in [9.17, 15) is 0 Å². The molecule has 0 aromatic heterocycles.